The van der Waals surface area contributed by atoms with Gasteiger partial charge in [0.15, 0.2) is 0 Å². The number of rotatable bonds is 7. The Bertz CT molecular complexity index is 1160. The minimum atomic E-state index is -0.341. The summed E-state index contributed by atoms with van der Waals surface area (Å²) in [4.78, 5) is 25.0. The van der Waals surface area contributed by atoms with Crippen molar-refractivity contribution >= 4 is 28.1 Å². The number of carbonyl (C=O) groups excluding carboxylic acids is 1. The lowest BCUT2D eigenvalue weighted by atomic mass is 9.64. The van der Waals surface area contributed by atoms with Crippen LogP contribution in [0.3, 0.4) is 0 Å². The number of halogens is 1. The molecule has 0 N–H and O–H groups in total. The second-order valence-electron chi connectivity index (χ2n) is 12.6. The van der Waals surface area contributed by atoms with Gasteiger partial charge in [-0.05, 0) is 31.8 Å². The molecule has 0 aromatic heterocycles. The van der Waals surface area contributed by atoms with E-state index in [1.165, 1.54) is 36.6 Å². The predicted molar refractivity (Wildman–Crippen MR) is 158 cm³/mol. The van der Waals surface area contributed by atoms with Gasteiger partial charge in [0.1, 0.15) is 6.10 Å². The highest BCUT2D eigenvalue weighted by Gasteiger charge is 2.54. The maximum atomic E-state index is 11.9. The molecule has 6 rings (SSSR count). The van der Waals surface area contributed by atoms with E-state index in [0.717, 1.165) is 55.4 Å². The number of esters is 1. The number of hydrogen-bond acceptors (Lipinski definition) is 7. The van der Waals surface area contributed by atoms with Crippen molar-refractivity contribution in [1.29, 1.82) is 0 Å². The fourth-order valence-electron chi connectivity index (χ4n) is 7.70. The zero-order chi connectivity index (χ0) is 27.5. The number of carbonyl (C=O) groups is 1. The average molecular weight is 600 g/mol. The number of nitrogens with zero attached hydrogens (tertiary/aromatic N) is 4. The molecule has 3 aliphatic heterocycles. The van der Waals surface area contributed by atoms with Gasteiger partial charge in [-0.15, -0.1) is 0 Å². The quantitative estimate of drug-likeness (QED) is 0.402. The molecule has 1 saturated heterocycles. The molecule has 0 spiro atoms. The number of piperazine rings is 1. The average Bonchev–Trinajstić information content (AvgIpc) is 3.73. The van der Waals surface area contributed by atoms with Crippen LogP contribution in [0.1, 0.15) is 47.0 Å². The third kappa shape index (κ3) is 4.89. The molecular formula is C31H43BrN4O3. The highest BCUT2D eigenvalue weighted by atomic mass is 79.9. The number of methoxy groups -OCH3 is 1. The summed E-state index contributed by atoms with van der Waals surface area (Å²) in [7, 11) is 1.81. The van der Waals surface area contributed by atoms with Crippen LogP contribution in [0.4, 0.5) is 0 Å². The van der Waals surface area contributed by atoms with Crippen molar-refractivity contribution < 1.29 is 14.3 Å². The monoisotopic (exact) mass is 598 g/mol. The van der Waals surface area contributed by atoms with Gasteiger partial charge in [-0.2, -0.15) is 0 Å². The van der Waals surface area contributed by atoms with Crippen LogP contribution in [0.25, 0.3) is 0 Å². The minimum Gasteiger partial charge on any atom is -0.465 e. The third-order valence-corrected chi connectivity index (χ3v) is 10.2. The molecule has 7 nitrogen and oxygen atoms in total. The molecule has 39 heavy (non-hydrogen) atoms. The summed E-state index contributed by atoms with van der Waals surface area (Å²) in [6.45, 7) is 14.0. The smallest absolute Gasteiger partial charge is 0.302 e. The second-order valence-corrected chi connectivity index (χ2v) is 13.6. The summed E-state index contributed by atoms with van der Waals surface area (Å²) in [6, 6.07) is 1.41. The molecule has 0 bridgehead atoms. The van der Waals surface area contributed by atoms with Gasteiger partial charge < -0.3 is 14.4 Å². The molecule has 0 amide bonds. The van der Waals surface area contributed by atoms with Gasteiger partial charge in [0.05, 0.1) is 18.3 Å². The first-order valence-electron chi connectivity index (χ1n) is 14.7. The number of ether oxygens (including phenoxy) is 2. The molecule has 2 fully saturated rings. The zero-order valence-electron chi connectivity index (χ0n) is 24.0. The van der Waals surface area contributed by atoms with Gasteiger partial charge in [-0.25, -0.2) is 0 Å². The molecular weight excluding hydrogens is 556 g/mol. The maximum Gasteiger partial charge on any atom is 0.302 e. The van der Waals surface area contributed by atoms with Crippen LogP contribution in [0, 0.1) is 17.3 Å². The predicted octanol–water partition coefficient (Wildman–Crippen LogP) is 4.52. The number of likely N-dealkylation sites (N-methyl/N-ethyl adjacent to an activating group) is 1. The minimum absolute atomic E-state index is 0.0264. The highest BCUT2D eigenvalue weighted by molar-refractivity contribution is 9.11. The first-order valence-corrected chi connectivity index (χ1v) is 15.5. The van der Waals surface area contributed by atoms with E-state index in [1.807, 2.05) is 7.11 Å². The second kappa shape index (κ2) is 10.6. The Morgan fingerprint density at radius 2 is 1.90 bits per heavy atom. The van der Waals surface area contributed by atoms with Crippen LogP contribution >= 0.6 is 15.9 Å². The van der Waals surface area contributed by atoms with Crippen molar-refractivity contribution in [1.82, 2.24) is 14.7 Å². The molecule has 3 heterocycles. The van der Waals surface area contributed by atoms with E-state index in [0.29, 0.717) is 12.6 Å². The Morgan fingerprint density at radius 3 is 2.54 bits per heavy atom. The fraction of sp³-hybridized carbons (Fsp3) is 0.677. The standard InChI is InChI=1S/C31H43BrN4O3/c1-6-36-25-10-7-20(32)15-23(25)26-27(31(3,4)18-39-19(2)37)30(38-5)28-24(29(26)36)16-22(17-33-28)35-13-11-34(12-14-35)21-8-9-21/h7,10,15,17,21-23,25,27,30H,6,8-9,11-14,16,18H2,1-5H3/t22?,23?,25?,27?,30-/m0/s1. The van der Waals surface area contributed by atoms with Crippen molar-refractivity contribution in [3.05, 3.63) is 45.3 Å². The lowest BCUT2D eigenvalue weighted by Gasteiger charge is -2.46. The van der Waals surface area contributed by atoms with E-state index in [4.69, 9.17) is 14.5 Å². The largest absolute Gasteiger partial charge is 0.465 e. The van der Waals surface area contributed by atoms with E-state index >= 15 is 0 Å². The van der Waals surface area contributed by atoms with Gasteiger partial charge in [0.25, 0.3) is 0 Å². The Labute approximate surface area is 241 Å². The summed E-state index contributed by atoms with van der Waals surface area (Å²) in [5.74, 6) is 0.0163. The van der Waals surface area contributed by atoms with Crippen molar-refractivity contribution in [2.75, 3.05) is 46.4 Å². The molecule has 0 aromatic carbocycles. The molecule has 4 unspecified atom stereocenters. The molecule has 6 aliphatic rings. The molecule has 5 atom stereocenters. The highest BCUT2D eigenvalue weighted by Crippen LogP contribution is 2.56. The van der Waals surface area contributed by atoms with Gasteiger partial charge in [0.2, 0.25) is 0 Å². The molecule has 1 saturated carbocycles. The van der Waals surface area contributed by atoms with Crippen molar-refractivity contribution in [3.8, 4) is 0 Å². The van der Waals surface area contributed by atoms with E-state index < -0.39 is 0 Å². The van der Waals surface area contributed by atoms with Gasteiger partial charge in [-0.3, -0.25) is 19.6 Å². The number of allylic oxidation sites excluding steroid dienone is 3. The van der Waals surface area contributed by atoms with Crippen LogP contribution in [0.2, 0.25) is 0 Å². The first kappa shape index (κ1) is 27.4. The molecule has 3 aliphatic carbocycles. The van der Waals surface area contributed by atoms with E-state index in [-0.39, 0.29) is 35.4 Å². The third-order valence-electron chi connectivity index (χ3n) is 9.71. The van der Waals surface area contributed by atoms with Crippen LogP contribution in [-0.2, 0) is 14.3 Å². The van der Waals surface area contributed by atoms with Crippen molar-refractivity contribution in [2.45, 2.75) is 71.2 Å². The zero-order valence-corrected chi connectivity index (χ0v) is 25.6. The van der Waals surface area contributed by atoms with Gasteiger partial charge >= 0.3 is 5.97 Å². The number of aliphatic imine (C=N–C) groups is 1. The summed E-state index contributed by atoms with van der Waals surface area (Å²) in [6.07, 6.45) is 12.6. The first-order chi connectivity index (χ1) is 18.7. The van der Waals surface area contributed by atoms with E-state index in [9.17, 15) is 4.79 Å². The van der Waals surface area contributed by atoms with Crippen LogP contribution in [-0.4, -0.2) is 97.6 Å². The summed E-state index contributed by atoms with van der Waals surface area (Å²) < 4.78 is 13.1. The molecule has 0 aromatic rings. The van der Waals surface area contributed by atoms with Gasteiger partial charge in [-0.1, -0.05) is 48.0 Å². The van der Waals surface area contributed by atoms with E-state index in [2.05, 4.69) is 75.8 Å². The summed E-state index contributed by atoms with van der Waals surface area (Å²) in [5, 5.41) is 0. The van der Waals surface area contributed by atoms with Crippen LogP contribution in [0.15, 0.2) is 50.2 Å². The lowest BCUT2D eigenvalue weighted by molar-refractivity contribution is -0.145. The van der Waals surface area contributed by atoms with Crippen LogP contribution < -0.4 is 0 Å². The van der Waals surface area contributed by atoms with Gasteiger partial charge in [0, 0.05) is 98.1 Å². The maximum absolute atomic E-state index is 11.9. The molecule has 0 radical (unpaired) electrons. The number of hydrogen-bond donors (Lipinski definition) is 0. The Morgan fingerprint density at radius 1 is 1.18 bits per heavy atom. The number of fused-ring (bicyclic) bond motifs is 3. The normalized spacial score (nSPS) is 33.2. The summed E-state index contributed by atoms with van der Waals surface area (Å²) in [5.41, 5.74) is 4.85. The SMILES string of the molecule is CCN1C2=C(C3C=C(Br)C=CC31)C(C(C)(C)COC(C)=O)[C@H](OC)C1=C2CC(N2CCN(C3CC3)CC2)C=N1. The Kier molecular flexibility index (Phi) is 7.45. The molecule has 8 heteroatoms. The lowest BCUT2D eigenvalue weighted by Crippen LogP contribution is -2.52. The van der Waals surface area contributed by atoms with Crippen LogP contribution in [0.5, 0.6) is 0 Å². The Balaban J connectivity index is 1.39. The topological polar surface area (TPSA) is 57.6 Å². The van der Waals surface area contributed by atoms with Crippen molar-refractivity contribution in [3.63, 3.8) is 0 Å². The molecule has 212 valence electrons. The Hall–Kier alpha value is -1.74. The van der Waals surface area contributed by atoms with E-state index in [1.54, 1.807) is 0 Å². The fourth-order valence-corrected chi connectivity index (χ4v) is 8.14. The summed E-state index contributed by atoms with van der Waals surface area (Å²) >= 11 is 3.77. The van der Waals surface area contributed by atoms with Crippen molar-refractivity contribution in [2.24, 2.45) is 22.2 Å².